The summed E-state index contributed by atoms with van der Waals surface area (Å²) in [6.45, 7) is 3.90. The van der Waals surface area contributed by atoms with Crippen molar-refractivity contribution in [2.75, 3.05) is 18.6 Å². The number of nitrogens with zero attached hydrogens (tertiary/aromatic N) is 3. The highest BCUT2D eigenvalue weighted by molar-refractivity contribution is 5.98. The lowest BCUT2D eigenvalue weighted by molar-refractivity contribution is -0.384. The molecule has 0 aromatic carbocycles. The van der Waals surface area contributed by atoms with E-state index in [4.69, 9.17) is 0 Å². The minimum absolute atomic E-state index is 0.0418. The van der Waals surface area contributed by atoms with Crippen LogP contribution in [0.4, 0.5) is 11.5 Å². The van der Waals surface area contributed by atoms with Crippen LogP contribution in [-0.2, 0) is 9.53 Å². The van der Waals surface area contributed by atoms with Crippen LogP contribution in [0.2, 0.25) is 0 Å². The van der Waals surface area contributed by atoms with Gasteiger partial charge in [-0.3, -0.25) is 19.8 Å². The number of esters is 1. The summed E-state index contributed by atoms with van der Waals surface area (Å²) in [7, 11) is 1.17. The van der Waals surface area contributed by atoms with Gasteiger partial charge >= 0.3 is 11.7 Å². The molecule has 1 aromatic heterocycles. The number of rotatable bonds is 4. The van der Waals surface area contributed by atoms with E-state index in [-0.39, 0.29) is 36.2 Å². The zero-order valence-electron chi connectivity index (χ0n) is 11.3. The lowest BCUT2D eigenvalue weighted by Gasteiger charge is -2.15. The molecule has 0 N–H and O–H groups in total. The van der Waals surface area contributed by atoms with Crippen LogP contribution >= 0.6 is 0 Å². The zero-order chi connectivity index (χ0) is 15.6. The second-order valence-corrected chi connectivity index (χ2v) is 4.52. The van der Waals surface area contributed by atoms with Crippen LogP contribution in [0.3, 0.4) is 0 Å². The van der Waals surface area contributed by atoms with E-state index in [0.29, 0.717) is 0 Å². The van der Waals surface area contributed by atoms with Crippen molar-refractivity contribution < 1.29 is 19.2 Å². The first-order valence-electron chi connectivity index (χ1n) is 6.13. The SMILES string of the molecule is C=CC1CC(=O)N(c2ncc(C(=O)OC)cc2[N+](=O)[O-])C1. The molecule has 1 atom stereocenters. The Labute approximate surface area is 120 Å². The molecule has 1 aromatic rings. The van der Waals surface area contributed by atoms with Crippen LogP contribution in [0, 0.1) is 16.0 Å². The Balaban J connectivity index is 2.44. The highest BCUT2D eigenvalue weighted by Gasteiger charge is 2.34. The van der Waals surface area contributed by atoms with E-state index >= 15 is 0 Å². The fourth-order valence-corrected chi connectivity index (χ4v) is 2.12. The van der Waals surface area contributed by atoms with Crippen molar-refractivity contribution in [3.63, 3.8) is 0 Å². The second kappa shape index (κ2) is 5.70. The summed E-state index contributed by atoms with van der Waals surface area (Å²) in [5, 5.41) is 11.2. The minimum atomic E-state index is -0.728. The topological polar surface area (TPSA) is 103 Å². The van der Waals surface area contributed by atoms with Crippen LogP contribution in [0.25, 0.3) is 0 Å². The first-order chi connectivity index (χ1) is 9.97. The van der Waals surface area contributed by atoms with Gasteiger partial charge in [-0.15, -0.1) is 6.58 Å². The van der Waals surface area contributed by atoms with Crippen molar-refractivity contribution in [3.8, 4) is 0 Å². The number of methoxy groups -OCH3 is 1. The maximum atomic E-state index is 11.9. The molecule has 1 fully saturated rings. The summed E-state index contributed by atoms with van der Waals surface area (Å²) in [6, 6.07) is 1.06. The van der Waals surface area contributed by atoms with Gasteiger partial charge in [0.15, 0.2) is 0 Å². The first-order valence-corrected chi connectivity index (χ1v) is 6.13. The summed E-state index contributed by atoms with van der Waals surface area (Å²) in [5.41, 5.74) is -0.448. The summed E-state index contributed by atoms with van der Waals surface area (Å²) < 4.78 is 4.50. The normalized spacial score (nSPS) is 17.7. The average molecular weight is 291 g/mol. The molecule has 8 heteroatoms. The quantitative estimate of drug-likeness (QED) is 0.358. The van der Waals surface area contributed by atoms with E-state index < -0.39 is 16.6 Å². The number of nitro groups is 1. The fraction of sp³-hybridized carbons (Fsp3) is 0.308. The van der Waals surface area contributed by atoms with E-state index in [1.165, 1.54) is 12.0 Å². The van der Waals surface area contributed by atoms with Crippen LogP contribution in [-0.4, -0.2) is 35.4 Å². The standard InChI is InChI=1S/C13H13N3O5/c1-3-8-4-11(17)15(7-8)12-10(16(19)20)5-9(6-14-12)13(18)21-2/h3,5-6,8H,1,4,7H2,2H3. The summed E-state index contributed by atoms with van der Waals surface area (Å²) in [6.07, 6.45) is 3.02. The molecule has 0 aliphatic carbocycles. The second-order valence-electron chi connectivity index (χ2n) is 4.52. The van der Waals surface area contributed by atoms with Crippen molar-refractivity contribution in [1.82, 2.24) is 4.98 Å². The van der Waals surface area contributed by atoms with Crippen molar-refractivity contribution in [2.24, 2.45) is 5.92 Å². The van der Waals surface area contributed by atoms with Gasteiger partial charge < -0.3 is 4.74 Å². The molecule has 1 aliphatic rings. The molecule has 0 radical (unpaired) electrons. The van der Waals surface area contributed by atoms with Crippen molar-refractivity contribution >= 4 is 23.4 Å². The largest absolute Gasteiger partial charge is 0.465 e. The van der Waals surface area contributed by atoms with E-state index in [1.54, 1.807) is 6.08 Å². The lowest BCUT2D eigenvalue weighted by atomic mass is 10.1. The van der Waals surface area contributed by atoms with Crippen molar-refractivity contribution in [2.45, 2.75) is 6.42 Å². The first kappa shape index (κ1) is 14.6. The van der Waals surface area contributed by atoms with E-state index in [2.05, 4.69) is 16.3 Å². The van der Waals surface area contributed by atoms with E-state index in [9.17, 15) is 19.7 Å². The maximum absolute atomic E-state index is 11.9. The Morgan fingerprint density at radius 3 is 2.90 bits per heavy atom. The summed E-state index contributed by atoms with van der Waals surface area (Å²) in [5.74, 6) is -1.13. The molecule has 1 saturated heterocycles. The number of aromatic nitrogens is 1. The maximum Gasteiger partial charge on any atom is 0.339 e. The number of carbonyl (C=O) groups is 2. The van der Waals surface area contributed by atoms with Crippen LogP contribution in [0.1, 0.15) is 16.8 Å². The molecule has 0 spiro atoms. The molecule has 110 valence electrons. The Morgan fingerprint density at radius 1 is 1.67 bits per heavy atom. The van der Waals surface area contributed by atoms with Crippen LogP contribution in [0.15, 0.2) is 24.9 Å². The van der Waals surface area contributed by atoms with Gasteiger partial charge in [-0.2, -0.15) is 0 Å². The van der Waals surface area contributed by atoms with Gasteiger partial charge in [0.2, 0.25) is 11.7 Å². The molecular weight excluding hydrogens is 278 g/mol. The number of hydrogen-bond donors (Lipinski definition) is 0. The molecule has 1 amide bonds. The van der Waals surface area contributed by atoms with Crippen molar-refractivity contribution in [1.29, 1.82) is 0 Å². The Bertz CT molecular complexity index is 628. The van der Waals surface area contributed by atoms with Gasteiger partial charge in [0.25, 0.3) is 0 Å². The van der Waals surface area contributed by atoms with Crippen molar-refractivity contribution in [3.05, 3.63) is 40.6 Å². The predicted octanol–water partition coefficient (Wildman–Crippen LogP) is 1.32. The van der Waals surface area contributed by atoms with Gasteiger partial charge in [-0.25, -0.2) is 9.78 Å². The van der Waals surface area contributed by atoms with E-state index in [1.807, 2.05) is 0 Å². The number of hydrogen-bond acceptors (Lipinski definition) is 6. The Morgan fingerprint density at radius 2 is 2.38 bits per heavy atom. The number of anilines is 1. The molecule has 0 bridgehead atoms. The lowest BCUT2D eigenvalue weighted by Crippen LogP contribution is -2.26. The molecule has 1 unspecified atom stereocenters. The van der Waals surface area contributed by atoms with Gasteiger partial charge in [-0.05, 0) is 0 Å². The van der Waals surface area contributed by atoms with Crippen LogP contribution < -0.4 is 4.90 Å². The third-order valence-corrected chi connectivity index (χ3v) is 3.21. The van der Waals surface area contributed by atoms with Gasteiger partial charge in [0.05, 0.1) is 17.6 Å². The zero-order valence-corrected chi connectivity index (χ0v) is 11.3. The Kier molecular flexibility index (Phi) is 3.97. The third kappa shape index (κ3) is 2.73. The molecule has 21 heavy (non-hydrogen) atoms. The van der Waals surface area contributed by atoms with Gasteiger partial charge in [0.1, 0.15) is 0 Å². The number of carbonyl (C=O) groups excluding carboxylic acids is 2. The van der Waals surface area contributed by atoms with E-state index in [0.717, 1.165) is 12.3 Å². The smallest absolute Gasteiger partial charge is 0.339 e. The summed E-state index contributed by atoms with van der Waals surface area (Å²) in [4.78, 5) is 38.9. The fourth-order valence-electron chi connectivity index (χ4n) is 2.12. The number of ether oxygens (including phenoxy) is 1. The number of pyridine rings is 1. The summed E-state index contributed by atoms with van der Waals surface area (Å²) >= 11 is 0. The minimum Gasteiger partial charge on any atom is -0.465 e. The molecule has 1 aliphatic heterocycles. The highest BCUT2D eigenvalue weighted by Crippen LogP contribution is 2.31. The van der Waals surface area contributed by atoms with Gasteiger partial charge in [0, 0.05) is 31.1 Å². The molecule has 2 rings (SSSR count). The highest BCUT2D eigenvalue weighted by atomic mass is 16.6. The Hall–Kier alpha value is -2.77. The number of amides is 1. The van der Waals surface area contributed by atoms with Crippen LogP contribution in [0.5, 0.6) is 0 Å². The van der Waals surface area contributed by atoms with Gasteiger partial charge in [-0.1, -0.05) is 6.08 Å². The monoisotopic (exact) mass is 291 g/mol. The molecule has 2 heterocycles. The molecule has 8 nitrogen and oxygen atoms in total. The average Bonchev–Trinajstić information content (AvgIpc) is 2.86. The third-order valence-electron chi connectivity index (χ3n) is 3.21. The predicted molar refractivity (Wildman–Crippen MR) is 72.9 cm³/mol. The molecule has 0 saturated carbocycles. The molecular formula is C13H13N3O5.